The van der Waals surface area contributed by atoms with E-state index in [-0.39, 0.29) is 0 Å². The second-order valence-corrected chi connectivity index (χ2v) is 5.33. The third kappa shape index (κ3) is 2.33. The van der Waals surface area contributed by atoms with Crippen LogP contribution in [0.15, 0.2) is 12.4 Å². The average Bonchev–Trinajstić information content (AvgIpc) is 2.55. The number of hydrogen-bond acceptors (Lipinski definition) is 2. The number of anilines is 1. The molecule has 3 heteroatoms. The predicted molar refractivity (Wildman–Crippen MR) is 62.9 cm³/mol. The molecule has 15 heavy (non-hydrogen) atoms. The summed E-state index contributed by atoms with van der Waals surface area (Å²) in [5.41, 5.74) is 1.56. The molecule has 0 spiro atoms. The largest absolute Gasteiger partial charge is 0.379 e. The molecular formula is C12H21N3. The number of aryl methyl sites for hydroxylation is 1. The van der Waals surface area contributed by atoms with Gasteiger partial charge in [0.2, 0.25) is 0 Å². The molecule has 84 valence electrons. The molecule has 1 atom stereocenters. The maximum absolute atomic E-state index is 4.18. The maximum Gasteiger partial charge on any atom is 0.0728 e. The molecule has 1 aliphatic carbocycles. The molecule has 0 amide bonds. The van der Waals surface area contributed by atoms with Gasteiger partial charge in [-0.05, 0) is 18.3 Å². The van der Waals surface area contributed by atoms with Gasteiger partial charge in [0.15, 0.2) is 0 Å². The summed E-state index contributed by atoms with van der Waals surface area (Å²) in [4.78, 5) is 0. The van der Waals surface area contributed by atoms with Crippen molar-refractivity contribution in [1.29, 1.82) is 0 Å². The van der Waals surface area contributed by atoms with Gasteiger partial charge in [0, 0.05) is 19.3 Å². The van der Waals surface area contributed by atoms with Gasteiger partial charge in [-0.2, -0.15) is 5.10 Å². The van der Waals surface area contributed by atoms with Gasteiger partial charge in [-0.3, -0.25) is 4.68 Å². The Hall–Kier alpha value is -0.990. The number of nitrogens with zero attached hydrogens (tertiary/aromatic N) is 2. The van der Waals surface area contributed by atoms with Crippen molar-refractivity contribution in [2.75, 3.05) is 5.32 Å². The third-order valence-corrected chi connectivity index (χ3v) is 3.55. The Bertz CT molecular complexity index is 327. The summed E-state index contributed by atoms with van der Waals surface area (Å²) in [7, 11) is 1.96. The van der Waals surface area contributed by atoms with E-state index in [0.717, 1.165) is 5.69 Å². The first-order valence-corrected chi connectivity index (χ1v) is 5.83. The van der Waals surface area contributed by atoms with Crippen molar-refractivity contribution in [3.05, 3.63) is 12.4 Å². The lowest BCUT2D eigenvalue weighted by atomic mass is 9.73. The maximum atomic E-state index is 4.18. The lowest BCUT2D eigenvalue weighted by Crippen LogP contribution is -2.38. The van der Waals surface area contributed by atoms with Crippen molar-refractivity contribution >= 4 is 5.69 Å². The monoisotopic (exact) mass is 207 g/mol. The third-order valence-electron chi connectivity index (χ3n) is 3.55. The lowest BCUT2D eigenvalue weighted by molar-refractivity contribution is 0.217. The van der Waals surface area contributed by atoms with Gasteiger partial charge < -0.3 is 5.32 Å². The van der Waals surface area contributed by atoms with Gasteiger partial charge in [-0.15, -0.1) is 0 Å². The molecule has 0 saturated heterocycles. The van der Waals surface area contributed by atoms with Gasteiger partial charge >= 0.3 is 0 Å². The van der Waals surface area contributed by atoms with E-state index < -0.39 is 0 Å². The molecule has 0 bridgehead atoms. The second kappa shape index (κ2) is 3.87. The van der Waals surface area contributed by atoms with Crippen LogP contribution in [0.5, 0.6) is 0 Å². The van der Waals surface area contributed by atoms with E-state index in [9.17, 15) is 0 Å². The zero-order chi connectivity index (χ0) is 10.9. The molecule has 3 nitrogen and oxygen atoms in total. The normalized spacial score (nSPS) is 25.1. The minimum Gasteiger partial charge on any atom is -0.379 e. The Morgan fingerprint density at radius 3 is 2.87 bits per heavy atom. The van der Waals surface area contributed by atoms with E-state index in [0.29, 0.717) is 11.5 Å². The molecule has 1 unspecified atom stereocenters. The van der Waals surface area contributed by atoms with Gasteiger partial charge in [-0.1, -0.05) is 26.7 Å². The van der Waals surface area contributed by atoms with Crippen molar-refractivity contribution in [3.8, 4) is 0 Å². The van der Waals surface area contributed by atoms with Crippen LogP contribution in [0.1, 0.15) is 39.5 Å². The highest BCUT2D eigenvalue weighted by atomic mass is 15.3. The molecular weight excluding hydrogens is 186 g/mol. The predicted octanol–water partition coefficient (Wildman–Crippen LogP) is 2.80. The Kier molecular flexibility index (Phi) is 2.72. The van der Waals surface area contributed by atoms with Crippen LogP contribution in [0.2, 0.25) is 0 Å². The fourth-order valence-corrected chi connectivity index (χ4v) is 2.46. The highest BCUT2D eigenvalue weighted by Gasteiger charge is 2.32. The van der Waals surface area contributed by atoms with E-state index in [1.807, 2.05) is 24.1 Å². The molecule has 1 fully saturated rings. The van der Waals surface area contributed by atoms with Gasteiger partial charge in [-0.25, -0.2) is 0 Å². The van der Waals surface area contributed by atoms with E-state index in [2.05, 4.69) is 24.3 Å². The van der Waals surface area contributed by atoms with Crippen molar-refractivity contribution < 1.29 is 0 Å². The topological polar surface area (TPSA) is 29.9 Å². The average molecular weight is 207 g/mol. The molecule has 1 N–H and O–H groups in total. The van der Waals surface area contributed by atoms with Crippen LogP contribution in [0.3, 0.4) is 0 Å². The SMILES string of the molecule is Cn1cc(NC2CCCCC2(C)C)cn1. The molecule has 1 heterocycles. The Labute approximate surface area is 91.9 Å². The minimum atomic E-state index is 0.411. The summed E-state index contributed by atoms with van der Waals surface area (Å²) >= 11 is 0. The molecule has 1 aliphatic rings. The van der Waals surface area contributed by atoms with Crippen LogP contribution >= 0.6 is 0 Å². The summed E-state index contributed by atoms with van der Waals surface area (Å²) in [5.74, 6) is 0. The van der Waals surface area contributed by atoms with Crippen LogP contribution in [0.4, 0.5) is 5.69 Å². The second-order valence-electron chi connectivity index (χ2n) is 5.33. The Morgan fingerprint density at radius 1 is 1.47 bits per heavy atom. The van der Waals surface area contributed by atoms with E-state index in [4.69, 9.17) is 0 Å². The van der Waals surface area contributed by atoms with Crippen LogP contribution in [0, 0.1) is 5.41 Å². The summed E-state index contributed by atoms with van der Waals surface area (Å²) in [6.45, 7) is 4.72. The Balaban J connectivity index is 2.04. The summed E-state index contributed by atoms with van der Waals surface area (Å²) in [5, 5.41) is 7.79. The zero-order valence-electron chi connectivity index (χ0n) is 9.95. The number of nitrogens with one attached hydrogen (secondary N) is 1. The molecule has 1 aromatic heterocycles. The van der Waals surface area contributed by atoms with Crippen LogP contribution < -0.4 is 5.32 Å². The highest BCUT2D eigenvalue weighted by Crippen LogP contribution is 2.37. The van der Waals surface area contributed by atoms with Crippen LogP contribution in [-0.2, 0) is 7.05 Å². The quantitative estimate of drug-likeness (QED) is 0.808. The van der Waals surface area contributed by atoms with Crippen molar-refractivity contribution in [1.82, 2.24) is 9.78 Å². The number of rotatable bonds is 2. The van der Waals surface area contributed by atoms with Gasteiger partial charge in [0.1, 0.15) is 0 Å². The van der Waals surface area contributed by atoms with Gasteiger partial charge in [0.05, 0.1) is 11.9 Å². The summed E-state index contributed by atoms with van der Waals surface area (Å²) in [6.07, 6.45) is 9.28. The fourth-order valence-electron chi connectivity index (χ4n) is 2.46. The fraction of sp³-hybridized carbons (Fsp3) is 0.750. The first-order valence-electron chi connectivity index (χ1n) is 5.83. The molecule has 1 saturated carbocycles. The molecule has 0 aliphatic heterocycles. The summed E-state index contributed by atoms with van der Waals surface area (Å²) < 4.78 is 1.85. The van der Waals surface area contributed by atoms with Crippen LogP contribution in [-0.4, -0.2) is 15.8 Å². The molecule has 2 rings (SSSR count). The zero-order valence-corrected chi connectivity index (χ0v) is 9.95. The smallest absolute Gasteiger partial charge is 0.0728 e. The number of aromatic nitrogens is 2. The van der Waals surface area contributed by atoms with Gasteiger partial charge in [0.25, 0.3) is 0 Å². The first-order chi connectivity index (χ1) is 7.08. The van der Waals surface area contributed by atoms with E-state index in [1.165, 1.54) is 25.7 Å². The molecule has 0 aromatic carbocycles. The van der Waals surface area contributed by atoms with E-state index >= 15 is 0 Å². The minimum absolute atomic E-state index is 0.411. The van der Waals surface area contributed by atoms with E-state index in [1.54, 1.807) is 0 Å². The first kappa shape index (κ1) is 10.5. The van der Waals surface area contributed by atoms with Crippen molar-refractivity contribution in [3.63, 3.8) is 0 Å². The lowest BCUT2D eigenvalue weighted by Gasteiger charge is -2.39. The Morgan fingerprint density at radius 2 is 2.27 bits per heavy atom. The summed E-state index contributed by atoms with van der Waals surface area (Å²) in [6, 6.07) is 0.593. The number of hydrogen-bond donors (Lipinski definition) is 1. The molecule has 0 radical (unpaired) electrons. The van der Waals surface area contributed by atoms with Crippen molar-refractivity contribution in [2.45, 2.75) is 45.6 Å². The van der Waals surface area contributed by atoms with Crippen molar-refractivity contribution in [2.24, 2.45) is 12.5 Å². The standard InChI is InChI=1S/C12H21N3/c1-12(2)7-5-4-6-11(12)14-10-8-13-15(3)9-10/h8-9,11,14H,4-7H2,1-3H3. The highest BCUT2D eigenvalue weighted by molar-refractivity contribution is 5.39. The molecule has 1 aromatic rings. The van der Waals surface area contributed by atoms with Crippen LogP contribution in [0.25, 0.3) is 0 Å².